The first kappa shape index (κ1) is 13.9. The van der Waals surface area contributed by atoms with Crippen LogP contribution < -0.4 is 4.74 Å². The molecule has 1 aromatic heterocycles. The molecule has 4 nitrogen and oxygen atoms in total. The van der Waals surface area contributed by atoms with Crippen molar-refractivity contribution in [3.05, 3.63) is 41.6 Å². The van der Waals surface area contributed by atoms with Crippen LogP contribution in [0.1, 0.15) is 23.8 Å². The molecule has 2 rings (SSSR count). The number of aryl methyl sites for hydroxylation is 2. The second-order valence-corrected chi connectivity index (χ2v) is 4.68. The van der Waals surface area contributed by atoms with Crippen LogP contribution in [0.5, 0.6) is 5.75 Å². The summed E-state index contributed by atoms with van der Waals surface area (Å²) in [5.41, 5.74) is 1.18. The molecule has 1 aromatic carbocycles. The van der Waals surface area contributed by atoms with Crippen molar-refractivity contribution in [2.75, 3.05) is 12.5 Å². The van der Waals surface area contributed by atoms with Crippen molar-refractivity contribution in [2.45, 2.75) is 26.2 Å². The number of rotatable bonds is 7. The van der Waals surface area contributed by atoms with E-state index in [0.717, 1.165) is 18.6 Å². The third kappa shape index (κ3) is 4.56. The lowest BCUT2D eigenvalue weighted by molar-refractivity contribution is 0.303. The minimum Gasteiger partial charge on any atom is -0.493 e. The zero-order valence-corrected chi connectivity index (χ0v) is 11.7. The van der Waals surface area contributed by atoms with Crippen LogP contribution in [0, 0.1) is 6.92 Å². The highest BCUT2D eigenvalue weighted by molar-refractivity contribution is 6.17. The van der Waals surface area contributed by atoms with E-state index in [1.165, 1.54) is 5.56 Å². The van der Waals surface area contributed by atoms with Crippen molar-refractivity contribution in [3.8, 4) is 5.75 Å². The quantitative estimate of drug-likeness (QED) is 0.731. The molecule has 0 aliphatic carbocycles. The lowest BCUT2D eigenvalue weighted by Gasteiger charge is -2.04. The summed E-state index contributed by atoms with van der Waals surface area (Å²) < 4.78 is 11.1. The smallest absolute Gasteiger partial charge is 0.219 e. The van der Waals surface area contributed by atoms with E-state index in [1.54, 1.807) is 0 Å². The molecule has 0 amide bonds. The van der Waals surface area contributed by atoms with Gasteiger partial charge in [-0.1, -0.05) is 12.1 Å². The Morgan fingerprint density at radius 1 is 1.21 bits per heavy atom. The van der Waals surface area contributed by atoms with Crippen LogP contribution >= 0.6 is 11.6 Å². The molecular weight excluding hydrogens is 264 g/mol. The van der Waals surface area contributed by atoms with Gasteiger partial charge < -0.3 is 9.15 Å². The minimum absolute atomic E-state index is 0.528. The van der Waals surface area contributed by atoms with E-state index < -0.39 is 0 Å². The van der Waals surface area contributed by atoms with Crippen LogP contribution in [0.15, 0.2) is 28.7 Å². The van der Waals surface area contributed by atoms with E-state index >= 15 is 0 Å². The van der Waals surface area contributed by atoms with Gasteiger partial charge >= 0.3 is 0 Å². The lowest BCUT2D eigenvalue weighted by Crippen LogP contribution is -2.01. The summed E-state index contributed by atoms with van der Waals surface area (Å²) >= 11 is 5.61. The van der Waals surface area contributed by atoms with E-state index in [1.807, 2.05) is 31.2 Å². The Hall–Kier alpha value is -1.55. The topological polar surface area (TPSA) is 48.2 Å². The van der Waals surface area contributed by atoms with Crippen molar-refractivity contribution in [1.29, 1.82) is 0 Å². The predicted molar refractivity (Wildman–Crippen MR) is 73.7 cm³/mol. The molecule has 0 radical (unpaired) electrons. The van der Waals surface area contributed by atoms with Crippen molar-refractivity contribution >= 4 is 11.6 Å². The number of aromatic nitrogens is 2. The van der Waals surface area contributed by atoms with E-state index in [2.05, 4.69) is 10.2 Å². The Bertz CT molecular complexity index is 514. The van der Waals surface area contributed by atoms with Gasteiger partial charge in [-0.2, -0.15) is 0 Å². The third-order valence-electron chi connectivity index (χ3n) is 2.61. The van der Waals surface area contributed by atoms with Gasteiger partial charge in [0.2, 0.25) is 11.8 Å². The number of hydrogen-bond acceptors (Lipinski definition) is 4. The molecule has 0 atom stereocenters. The fourth-order valence-corrected chi connectivity index (χ4v) is 1.80. The number of ether oxygens (including phenoxy) is 1. The van der Waals surface area contributed by atoms with Crippen LogP contribution in [0.2, 0.25) is 0 Å². The van der Waals surface area contributed by atoms with Gasteiger partial charge in [0.05, 0.1) is 13.0 Å². The highest BCUT2D eigenvalue weighted by atomic mass is 35.5. The number of benzene rings is 1. The first-order chi connectivity index (χ1) is 9.28. The maximum atomic E-state index is 5.63. The molecule has 0 N–H and O–H groups in total. The molecule has 0 spiro atoms. The number of hydrogen-bond donors (Lipinski definition) is 0. The lowest BCUT2D eigenvalue weighted by atomic mass is 10.2. The summed E-state index contributed by atoms with van der Waals surface area (Å²) in [7, 11) is 0. The predicted octanol–water partition coefficient (Wildman–Crippen LogP) is 3.17. The first-order valence-corrected chi connectivity index (χ1v) is 6.88. The average Bonchev–Trinajstić information content (AvgIpc) is 2.84. The van der Waals surface area contributed by atoms with E-state index in [9.17, 15) is 0 Å². The first-order valence-electron chi connectivity index (χ1n) is 6.34. The van der Waals surface area contributed by atoms with Crippen LogP contribution in [-0.4, -0.2) is 22.7 Å². The van der Waals surface area contributed by atoms with Crippen molar-refractivity contribution in [1.82, 2.24) is 10.2 Å². The van der Waals surface area contributed by atoms with Gasteiger partial charge in [-0.05, 0) is 31.0 Å². The second kappa shape index (κ2) is 7.14. The molecule has 102 valence electrons. The summed E-state index contributed by atoms with van der Waals surface area (Å²) in [5, 5.41) is 7.94. The Morgan fingerprint density at radius 2 is 2.00 bits per heavy atom. The van der Waals surface area contributed by atoms with E-state index in [-0.39, 0.29) is 0 Å². The SMILES string of the molecule is Cc1cccc(OCCc2nnc(CCCCl)o2)c1. The van der Waals surface area contributed by atoms with Gasteiger partial charge in [0.25, 0.3) is 0 Å². The summed E-state index contributed by atoms with van der Waals surface area (Å²) in [6, 6.07) is 7.95. The monoisotopic (exact) mass is 280 g/mol. The van der Waals surface area contributed by atoms with Gasteiger partial charge in [-0.15, -0.1) is 21.8 Å². The highest BCUT2D eigenvalue weighted by Crippen LogP contribution is 2.13. The molecule has 0 saturated heterocycles. The molecule has 5 heteroatoms. The number of halogens is 1. The standard InChI is InChI=1S/C14H17ClN2O2/c1-11-4-2-5-12(10-11)18-9-7-14-17-16-13(19-14)6-3-8-15/h2,4-5,10H,3,6-9H2,1H3. The van der Waals surface area contributed by atoms with Crippen molar-refractivity contribution in [3.63, 3.8) is 0 Å². The van der Waals surface area contributed by atoms with Crippen molar-refractivity contribution < 1.29 is 9.15 Å². The number of alkyl halides is 1. The second-order valence-electron chi connectivity index (χ2n) is 4.30. The van der Waals surface area contributed by atoms with Gasteiger partial charge in [0, 0.05) is 12.3 Å². The van der Waals surface area contributed by atoms with Crippen LogP contribution in [-0.2, 0) is 12.8 Å². The molecule has 1 heterocycles. The summed E-state index contributed by atoms with van der Waals surface area (Å²) in [6.07, 6.45) is 2.19. The normalized spacial score (nSPS) is 10.6. The zero-order chi connectivity index (χ0) is 13.5. The zero-order valence-electron chi connectivity index (χ0n) is 10.9. The average molecular weight is 281 g/mol. The molecule has 0 unspecified atom stereocenters. The van der Waals surface area contributed by atoms with Gasteiger partial charge in [0.15, 0.2) is 0 Å². The van der Waals surface area contributed by atoms with Gasteiger partial charge in [0.1, 0.15) is 5.75 Å². The fraction of sp³-hybridized carbons (Fsp3) is 0.429. The third-order valence-corrected chi connectivity index (χ3v) is 2.87. The van der Waals surface area contributed by atoms with Gasteiger partial charge in [-0.25, -0.2) is 0 Å². The van der Waals surface area contributed by atoms with E-state index in [0.29, 0.717) is 30.7 Å². The highest BCUT2D eigenvalue weighted by Gasteiger charge is 2.05. The van der Waals surface area contributed by atoms with Crippen LogP contribution in [0.3, 0.4) is 0 Å². The maximum absolute atomic E-state index is 5.63. The summed E-state index contributed by atoms with van der Waals surface area (Å²) in [5.74, 6) is 2.72. The Balaban J connectivity index is 1.77. The van der Waals surface area contributed by atoms with E-state index in [4.69, 9.17) is 20.8 Å². The summed E-state index contributed by atoms with van der Waals surface area (Å²) in [4.78, 5) is 0. The Kier molecular flexibility index (Phi) is 5.21. The maximum Gasteiger partial charge on any atom is 0.219 e. The van der Waals surface area contributed by atoms with Crippen LogP contribution in [0.25, 0.3) is 0 Å². The van der Waals surface area contributed by atoms with Crippen LogP contribution in [0.4, 0.5) is 0 Å². The molecule has 0 fully saturated rings. The molecular formula is C14H17ClN2O2. The largest absolute Gasteiger partial charge is 0.493 e. The van der Waals surface area contributed by atoms with Crippen molar-refractivity contribution in [2.24, 2.45) is 0 Å². The molecule has 0 bridgehead atoms. The Labute approximate surface area is 117 Å². The fourth-order valence-electron chi connectivity index (χ4n) is 1.67. The number of nitrogens with zero attached hydrogens (tertiary/aromatic N) is 2. The molecule has 0 aliphatic rings. The molecule has 0 aliphatic heterocycles. The molecule has 19 heavy (non-hydrogen) atoms. The Morgan fingerprint density at radius 3 is 2.74 bits per heavy atom. The molecule has 0 saturated carbocycles. The molecule has 2 aromatic rings. The van der Waals surface area contributed by atoms with Gasteiger partial charge in [-0.3, -0.25) is 0 Å². The summed E-state index contributed by atoms with van der Waals surface area (Å²) in [6.45, 7) is 2.56. The minimum atomic E-state index is 0.528.